The summed E-state index contributed by atoms with van der Waals surface area (Å²) in [5.41, 5.74) is 9.57. The number of nitrogens with zero attached hydrogens (tertiary/aromatic N) is 7. The normalized spacial score (nSPS) is 11.5. The summed E-state index contributed by atoms with van der Waals surface area (Å²) in [6, 6.07) is 5.38. The molecular formula is C14H15N9O3. The van der Waals surface area contributed by atoms with E-state index in [1.807, 2.05) is 6.07 Å². The number of carbonyl (C=O) groups excluding carboxylic acids is 1. The molecule has 0 bridgehead atoms. The fourth-order valence-electron chi connectivity index (χ4n) is 2.07. The monoisotopic (exact) mass is 357 g/mol. The molecule has 0 spiro atoms. The van der Waals surface area contributed by atoms with Gasteiger partial charge in [-0.2, -0.15) is 9.78 Å². The van der Waals surface area contributed by atoms with E-state index in [0.29, 0.717) is 17.1 Å². The van der Waals surface area contributed by atoms with Gasteiger partial charge in [0.1, 0.15) is 5.69 Å². The Morgan fingerprint density at radius 2 is 2.27 bits per heavy atom. The van der Waals surface area contributed by atoms with Gasteiger partial charge in [-0.15, -0.1) is 5.10 Å². The smallest absolute Gasteiger partial charge is 0.293 e. The molecule has 26 heavy (non-hydrogen) atoms. The van der Waals surface area contributed by atoms with Crippen LogP contribution in [0.1, 0.15) is 28.8 Å². The Kier molecular flexibility index (Phi) is 4.94. The van der Waals surface area contributed by atoms with Crippen molar-refractivity contribution in [3.63, 3.8) is 0 Å². The zero-order valence-corrected chi connectivity index (χ0v) is 13.9. The molecule has 134 valence electrons. The largest absolute Gasteiger partial charge is 0.378 e. The first-order chi connectivity index (χ1) is 12.6. The molecule has 3 heterocycles. The van der Waals surface area contributed by atoms with Crippen LogP contribution < -0.4 is 11.2 Å². The van der Waals surface area contributed by atoms with Crippen LogP contribution in [0.4, 0.5) is 5.82 Å². The summed E-state index contributed by atoms with van der Waals surface area (Å²) < 4.78 is 10.9. The first-order valence-corrected chi connectivity index (χ1v) is 7.39. The van der Waals surface area contributed by atoms with Gasteiger partial charge in [0.05, 0.1) is 18.0 Å². The van der Waals surface area contributed by atoms with Gasteiger partial charge in [0.2, 0.25) is 11.6 Å². The van der Waals surface area contributed by atoms with Crippen LogP contribution in [0.3, 0.4) is 0 Å². The first kappa shape index (κ1) is 17.2. The molecule has 0 saturated carbocycles. The Morgan fingerprint density at radius 1 is 1.42 bits per heavy atom. The Balaban J connectivity index is 1.86. The van der Waals surface area contributed by atoms with Gasteiger partial charge in [-0.25, -0.2) is 10.1 Å². The number of hydrazone groups is 1. The summed E-state index contributed by atoms with van der Waals surface area (Å²) in [6.07, 6.45) is 1.63. The number of anilines is 1. The number of hydrogen-bond donors (Lipinski definition) is 2. The third-order valence-electron chi connectivity index (χ3n) is 3.32. The summed E-state index contributed by atoms with van der Waals surface area (Å²) in [6.45, 7) is 1.75. The molecule has 0 atom stereocenters. The van der Waals surface area contributed by atoms with Gasteiger partial charge in [-0.3, -0.25) is 9.78 Å². The van der Waals surface area contributed by atoms with Crippen molar-refractivity contribution in [3.05, 3.63) is 41.5 Å². The number of carbonyl (C=O) groups is 1. The fraction of sp³-hybridized carbons (Fsp3) is 0.214. The second-order valence-corrected chi connectivity index (χ2v) is 5.06. The topological polar surface area (TPSA) is 159 Å². The lowest BCUT2D eigenvalue weighted by molar-refractivity contribution is 0.0944. The maximum absolute atomic E-state index is 12.4. The number of amides is 1. The van der Waals surface area contributed by atoms with Crippen LogP contribution >= 0.6 is 0 Å². The molecule has 12 nitrogen and oxygen atoms in total. The zero-order chi connectivity index (χ0) is 18.5. The molecule has 0 radical (unpaired) electrons. The van der Waals surface area contributed by atoms with Gasteiger partial charge in [0.15, 0.2) is 5.69 Å². The van der Waals surface area contributed by atoms with Crippen molar-refractivity contribution >= 4 is 17.4 Å². The van der Waals surface area contributed by atoms with Crippen molar-refractivity contribution in [1.82, 2.24) is 35.7 Å². The summed E-state index contributed by atoms with van der Waals surface area (Å²) in [5, 5.41) is 18.9. The second-order valence-electron chi connectivity index (χ2n) is 5.06. The highest BCUT2D eigenvalue weighted by Crippen LogP contribution is 2.16. The second kappa shape index (κ2) is 7.48. The van der Waals surface area contributed by atoms with Crippen LogP contribution in [0, 0.1) is 0 Å². The minimum atomic E-state index is -0.575. The van der Waals surface area contributed by atoms with Crippen molar-refractivity contribution in [2.24, 2.45) is 5.10 Å². The van der Waals surface area contributed by atoms with E-state index in [9.17, 15) is 4.79 Å². The number of hydrogen-bond acceptors (Lipinski definition) is 10. The minimum Gasteiger partial charge on any atom is -0.378 e. The maximum atomic E-state index is 12.4. The first-order valence-electron chi connectivity index (χ1n) is 7.39. The Labute approximate surface area is 147 Å². The Bertz CT molecular complexity index is 932. The van der Waals surface area contributed by atoms with Gasteiger partial charge in [-0.05, 0) is 29.4 Å². The highest BCUT2D eigenvalue weighted by Gasteiger charge is 2.23. The van der Waals surface area contributed by atoms with Crippen LogP contribution in [0.2, 0.25) is 0 Å². The number of nitrogen functional groups attached to an aromatic ring is 1. The van der Waals surface area contributed by atoms with Crippen molar-refractivity contribution < 1.29 is 14.2 Å². The van der Waals surface area contributed by atoms with E-state index >= 15 is 0 Å². The van der Waals surface area contributed by atoms with Crippen LogP contribution in [0.5, 0.6) is 0 Å². The van der Waals surface area contributed by atoms with E-state index in [-0.39, 0.29) is 23.9 Å². The molecule has 0 aliphatic heterocycles. The number of methoxy groups -OCH3 is 1. The minimum absolute atomic E-state index is 0.00299. The number of pyridine rings is 1. The summed E-state index contributed by atoms with van der Waals surface area (Å²) >= 11 is 0. The molecule has 0 aliphatic rings. The average molecular weight is 357 g/mol. The molecular weight excluding hydrogens is 342 g/mol. The van der Waals surface area contributed by atoms with Crippen molar-refractivity contribution in [1.29, 1.82) is 0 Å². The molecule has 0 fully saturated rings. The SMILES string of the molecule is COCc1c(C(=O)N/N=C(/C)c2ccccn2)nnn1-c1nonc1N. The Hall–Kier alpha value is -3.67. The van der Waals surface area contributed by atoms with E-state index in [1.165, 1.54) is 11.8 Å². The third-order valence-corrected chi connectivity index (χ3v) is 3.32. The van der Waals surface area contributed by atoms with Crippen LogP contribution in [-0.2, 0) is 11.3 Å². The lowest BCUT2D eigenvalue weighted by Crippen LogP contribution is -2.22. The molecule has 3 aromatic heterocycles. The maximum Gasteiger partial charge on any atom is 0.293 e. The summed E-state index contributed by atoms with van der Waals surface area (Å²) in [7, 11) is 1.47. The zero-order valence-electron chi connectivity index (χ0n) is 13.9. The van der Waals surface area contributed by atoms with Crippen molar-refractivity contribution in [3.8, 4) is 5.82 Å². The molecule has 3 N–H and O–H groups in total. The van der Waals surface area contributed by atoms with E-state index in [1.54, 1.807) is 25.3 Å². The molecule has 0 aliphatic carbocycles. The highest BCUT2D eigenvalue weighted by molar-refractivity contribution is 5.99. The number of ether oxygens (including phenoxy) is 1. The summed E-state index contributed by atoms with van der Waals surface area (Å²) in [5.74, 6) is -0.464. The van der Waals surface area contributed by atoms with E-state index < -0.39 is 5.91 Å². The lowest BCUT2D eigenvalue weighted by atomic mass is 10.3. The Morgan fingerprint density at radius 3 is 2.92 bits per heavy atom. The van der Waals surface area contributed by atoms with Crippen LogP contribution in [0.25, 0.3) is 5.82 Å². The van der Waals surface area contributed by atoms with Crippen LogP contribution in [-0.4, -0.2) is 49.0 Å². The van der Waals surface area contributed by atoms with Gasteiger partial charge in [-0.1, -0.05) is 11.3 Å². The van der Waals surface area contributed by atoms with Crippen molar-refractivity contribution in [2.45, 2.75) is 13.5 Å². The van der Waals surface area contributed by atoms with E-state index in [0.717, 1.165) is 0 Å². The predicted molar refractivity (Wildman–Crippen MR) is 88.3 cm³/mol. The molecule has 1 amide bonds. The number of aromatic nitrogens is 6. The molecule has 0 unspecified atom stereocenters. The lowest BCUT2D eigenvalue weighted by Gasteiger charge is -2.04. The average Bonchev–Trinajstić information content (AvgIpc) is 3.26. The van der Waals surface area contributed by atoms with Gasteiger partial charge in [0.25, 0.3) is 5.91 Å². The standard InChI is InChI=1S/C14H15N9O3/c1-8(9-5-3-4-6-16-9)17-19-14(24)11-10(7-25-2)23(22-18-11)13-12(15)20-26-21-13/h3-6H,7H2,1-2H3,(H2,15,20)(H,19,24)/b17-8-. The van der Waals surface area contributed by atoms with Crippen molar-refractivity contribution in [2.75, 3.05) is 12.8 Å². The molecule has 3 aromatic rings. The number of rotatable bonds is 6. The fourth-order valence-corrected chi connectivity index (χ4v) is 2.07. The number of nitrogens with two attached hydrogens (primary N) is 1. The third kappa shape index (κ3) is 3.39. The molecule has 12 heteroatoms. The highest BCUT2D eigenvalue weighted by atomic mass is 16.6. The van der Waals surface area contributed by atoms with Gasteiger partial charge in [0, 0.05) is 13.3 Å². The number of nitrogens with one attached hydrogen (secondary N) is 1. The molecule has 0 aromatic carbocycles. The molecule has 3 rings (SSSR count). The van der Waals surface area contributed by atoms with Crippen LogP contribution in [0.15, 0.2) is 34.1 Å². The predicted octanol–water partition coefficient (Wildman–Crippen LogP) is -0.0721. The van der Waals surface area contributed by atoms with E-state index in [2.05, 4.69) is 40.8 Å². The summed E-state index contributed by atoms with van der Waals surface area (Å²) in [4.78, 5) is 16.6. The van der Waals surface area contributed by atoms with Gasteiger partial charge < -0.3 is 10.5 Å². The van der Waals surface area contributed by atoms with Gasteiger partial charge >= 0.3 is 0 Å². The van der Waals surface area contributed by atoms with E-state index in [4.69, 9.17) is 10.5 Å². The quantitative estimate of drug-likeness (QED) is 0.454. The molecule has 0 saturated heterocycles.